The number of anilines is 2. The Hall–Kier alpha value is -3.95. The number of carbonyl (C=O) groups excluding carboxylic acids is 1. The van der Waals surface area contributed by atoms with Gasteiger partial charge < -0.3 is 24.6 Å². The van der Waals surface area contributed by atoms with Crippen molar-refractivity contribution in [1.82, 2.24) is 14.9 Å². The largest absolute Gasteiger partial charge is 0.497 e. The minimum absolute atomic E-state index is 0.0918. The predicted molar refractivity (Wildman–Crippen MR) is 119 cm³/mol. The van der Waals surface area contributed by atoms with Gasteiger partial charge >= 0.3 is 6.03 Å². The first-order valence-electron chi connectivity index (χ1n) is 10.3. The zero-order chi connectivity index (χ0) is 23.4. The minimum Gasteiger partial charge on any atom is -0.497 e. The van der Waals surface area contributed by atoms with Gasteiger partial charge in [-0.3, -0.25) is 0 Å². The maximum atomic E-state index is 13.9. The van der Waals surface area contributed by atoms with Crippen LogP contribution in [0.25, 0.3) is 0 Å². The van der Waals surface area contributed by atoms with Crippen LogP contribution < -0.4 is 19.7 Å². The molecule has 4 rings (SSSR count). The fourth-order valence-corrected chi connectivity index (χ4v) is 3.57. The van der Waals surface area contributed by atoms with E-state index in [4.69, 9.17) is 9.47 Å². The van der Waals surface area contributed by atoms with Gasteiger partial charge in [0.2, 0.25) is 5.88 Å². The molecular formula is C23H23F2N5O3. The number of hydrogen-bond acceptors (Lipinski definition) is 6. The van der Waals surface area contributed by atoms with Crippen molar-refractivity contribution < 1.29 is 23.0 Å². The van der Waals surface area contributed by atoms with Crippen LogP contribution in [0, 0.1) is 11.6 Å². The molecule has 1 aliphatic rings. The molecule has 1 fully saturated rings. The lowest BCUT2D eigenvalue weighted by Gasteiger charge is -2.40. The molecule has 1 N–H and O–H groups in total. The van der Waals surface area contributed by atoms with Crippen molar-refractivity contribution in [1.29, 1.82) is 0 Å². The van der Waals surface area contributed by atoms with Gasteiger partial charge in [-0.05, 0) is 43.3 Å². The van der Waals surface area contributed by atoms with Crippen LogP contribution in [-0.2, 0) is 0 Å². The van der Waals surface area contributed by atoms with Crippen LogP contribution in [0.4, 0.5) is 25.1 Å². The standard InChI is InChI=1S/C23H23F2N5O3/c1-15-13-29(9-10-30(15)23(31)28-17-4-6-18(32-2)7-5-17)21-12-22(27-14-26-21)33-20-8-3-16(24)11-19(20)25/h3-8,11-12,14-15H,9-10,13H2,1-2H3,(H,28,31). The van der Waals surface area contributed by atoms with Crippen molar-refractivity contribution >= 4 is 17.5 Å². The van der Waals surface area contributed by atoms with Crippen molar-refractivity contribution in [2.45, 2.75) is 13.0 Å². The van der Waals surface area contributed by atoms with Crippen molar-refractivity contribution in [2.75, 3.05) is 37.0 Å². The Labute approximate surface area is 189 Å². The molecule has 0 bridgehead atoms. The number of urea groups is 1. The average Bonchev–Trinajstić information content (AvgIpc) is 2.81. The number of amides is 2. The van der Waals surface area contributed by atoms with E-state index in [0.29, 0.717) is 36.9 Å². The number of piperazine rings is 1. The van der Waals surface area contributed by atoms with Gasteiger partial charge in [0.25, 0.3) is 0 Å². The summed E-state index contributed by atoms with van der Waals surface area (Å²) in [5, 5.41) is 2.90. The second kappa shape index (κ2) is 9.68. The van der Waals surface area contributed by atoms with Gasteiger partial charge in [0.15, 0.2) is 11.6 Å². The number of rotatable bonds is 5. The lowest BCUT2D eigenvalue weighted by molar-refractivity contribution is 0.184. The van der Waals surface area contributed by atoms with E-state index in [-0.39, 0.29) is 23.7 Å². The summed E-state index contributed by atoms with van der Waals surface area (Å²) in [6.45, 7) is 3.52. The van der Waals surface area contributed by atoms with E-state index in [2.05, 4.69) is 15.3 Å². The predicted octanol–water partition coefficient (Wildman–Crippen LogP) is 4.30. The summed E-state index contributed by atoms with van der Waals surface area (Å²) in [6, 6.07) is 11.5. The monoisotopic (exact) mass is 455 g/mol. The van der Waals surface area contributed by atoms with Gasteiger partial charge in [0.1, 0.15) is 23.7 Å². The Kier molecular flexibility index (Phi) is 6.53. The first-order valence-corrected chi connectivity index (χ1v) is 10.3. The van der Waals surface area contributed by atoms with E-state index in [9.17, 15) is 13.6 Å². The molecular weight excluding hydrogens is 432 g/mol. The van der Waals surface area contributed by atoms with Gasteiger partial charge in [-0.25, -0.2) is 23.5 Å². The molecule has 1 aliphatic heterocycles. The smallest absolute Gasteiger partial charge is 0.322 e. The Bertz CT molecular complexity index is 1130. The number of ether oxygens (including phenoxy) is 2. The van der Waals surface area contributed by atoms with Crippen LogP contribution in [0.15, 0.2) is 54.9 Å². The molecule has 33 heavy (non-hydrogen) atoms. The van der Waals surface area contributed by atoms with Gasteiger partial charge in [-0.15, -0.1) is 0 Å². The molecule has 2 amide bonds. The summed E-state index contributed by atoms with van der Waals surface area (Å²) in [7, 11) is 1.59. The summed E-state index contributed by atoms with van der Waals surface area (Å²) < 4.78 is 37.6. The Morgan fingerprint density at radius 2 is 1.88 bits per heavy atom. The van der Waals surface area contributed by atoms with Crippen molar-refractivity contribution in [3.63, 3.8) is 0 Å². The van der Waals surface area contributed by atoms with E-state index in [1.54, 1.807) is 42.3 Å². The molecule has 0 saturated carbocycles. The highest BCUT2D eigenvalue weighted by atomic mass is 19.1. The number of nitrogens with one attached hydrogen (secondary N) is 1. The molecule has 2 heterocycles. The minimum atomic E-state index is -0.819. The normalized spacial score (nSPS) is 15.8. The summed E-state index contributed by atoms with van der Waals surface area (Å²) in [4.78, 5) is 24.8. The van der Waals surface area contributed by atoms with E-state index in [1.807, 2.05) is 11.8 Å². The molecule has 8 nitrogen and oxygen atoms in total. The third-order valence-electron chi connectivity index (χ3n) is 5.29. The number of methoxy groups -OCH3 is 1. The number of aromatic nitrogens is 2. The Morgan fingerprint density at radius 3 is 2.58 bits per heavy atom. The van der Waals surface area contributed by atoms with E-state index < -0.39 is 11.6 Å². The van der Waals surface area contributed by atoms with Crippen molar-refractivity contribution in [2.24, 2.45) is 0 Å². The topological polar surface area (TPSA) is 79.8 Å². The van der Waals surface area contributed by atoms with Crippen LogP contribution in [0.3, 0.4) is 0 Å². The third-order valence-corrected chi connectivity index (χ3v) is 5.29. The average molecular weight is 455 g/mol. The summed E-state index contributed by atoms with van der Waals surface area (Å²) >= 11 is 0. The first-order chi connectivity index (χ1) is 15.9. The van der Waals surface area contributed by atoms with Crippen LogP contribution in [-0.4, -0.2) is 53.7 Å². The fraction of sp³-hybridized carbons (Fsp3) is 0.261. The highest BCUT2D eigenvalue weighted by Crippen LogP contribution is 2.26. The second-order valence-corrected chi connectivity index (χ2v) is 7.54. The number of carbonyl (C=O) groups is 1. The summed E-state index contributed by atoms with van der Waals surface area (Å²) in [5.41, 5.74) is 0.682. The molecule has 2 aromatic carbocycles. The Balaban J connectivity index is 1.39. The lowest BCUT2D eigenvalue weighted by Crippen LogP contribution is -2.55. The number of benzene rings is 2. The molecule has 10 heteroatoms. The molecule has 0 spiro atoms. The van der Waals surface area contributed by atoms with Crippen LogP contribution in [0.2, 0.25) is 0 Å². The van der Waals surface area contributed by atoms with Gasteiger partial charge in [-0.1, -0.05) is 0 Å². The summed E-state index contributed by atoms with van der Waals surface area (Å²) in [6.07, 6.45) is 1.32. The number of hydrogen-bond donors (Lipinski definition) is 1. The number of halogens is 2. The maximum absolute atomic E-state index is 13.9. The van der Waals surface area contributed by atoms with Crippen LogP contribution in [0.5, 0.6) is 17.4 Å². The van der Waals surface area contributed by atoms with E-state index in [1.165, 1.54) is 12.4 Å². The molecule has 1 unspecified atom stereocenters. The van der Waals surface area contributed by atoms with E-state index in [0.717, 1.165) is 12.1 Å². The zero-order valence-corrected chi connectivity index (χ0v) is 18.2. The molecule has 1 aromatic heterocycles. The molecule has 172 valence electrons. The fourth-order valence-electron chi connectivity index (χ4n) is 3.57. The van der Waals surface area contributed by atoms with Crippen LogP contribution in [0.1, 0.15) is 6.92 Å². The van der Waals surface area contributed by atoms with Crippen molar-refractivity contribution in [3.05, 3.63) is 66.5 Å². The second-order valence-electron chi connectivity index (χ2n) is 7.54. The molecule has 3 aromatic rings. The highest BCUT2D eigenvalue weighted by molar-refractivity contribution is 5.89. The number of nitrogens with zero attached hydrogens (tertiary/aromatic N) is 4. The van der Waals surface area contributed by atoms with Gasteiger partial charge in [0, 0.05) is 43.5 Å². The quantitative estimate of drug-likeness (QED) is 0.618. The SMILES string of the molecule is COc1ccc(NC(=O)N2CCN(c3cc(Oc4ccc(F)cc4F)ncn3)CC2C)cc1. The maximum Gasteiger partial charge on any atom is 0.322 e. The van der Waals surface area contributed by atoms with Gasteiger partial charge in [-0.2, -0.15) is 0 Å². The molecule has 0 radical (unpaired) electrons. The lowest BCUT2D eigenvalue weighted by atomic mass is 10.2. The van der Waals surface area contributed by atoms with Crippen LogP contribution >= 0.6 is 0 Å². The van der Waals surface area contributed by atoms with E-state index >= 15 is 0 Å². The highest BCUT2D eigenvalue weighted by Gasteiger charge is 2.28. The molecule has 1 saturated heterocycles. The first kappa shape index (κ1) is 22.3. The molecule has 0 aliphatic carbocycles. The zero-order valence-electron chi connectivity index (χ0n) is 18.2. The van der Waals surface area contributed by atoms with Gasteiger partial charge in [0.05, 0.1) is 7.11 Å². The molecule has 1 atom stereocenters. The third kappa shape index (κ3) is 5.28. The Morgan fingerprint density at radius 1 is 1.09 bits per heavy atom. The van der Waals surface area contributed by atoms with Crippen molar-refractivity contribution in [3.8, 4) is 17.4 Å². The summed E-state index contributed by atoms with van der Waals surface area (Å²) in [5.74, 6) is -0.200.